The molecule has 4 nitrogen and oxygen atoms in total. The van der Waals surface area contributed by atoms with Crippen LogP contribution < -0.4 is 0 Å². The Morgan fingerprint density at radius 3 is 3.00 bits per heavy atom. The normalized spacial score (nSPS) is 11.8. The number of imidazole rings is 1. The minimum atomic E-state index is 0.718. The van der Waals surface area contributed by atoms with Gasteiger partial charge in [0, 0.05) is 10.4 Å². The molecule has 4 rings (SSSR count). The number of aryl methyl sites for hydroxylation is 1. The third kappa shape index (κ3) is 1.87. The first-order chi connectivity index (χ1) is 9.60. The zero-order chi connectivity index (χ0) is 13.9. The van der Waals surface area contributed by atoms with Gasteiger partial charge in [-0.1, -0.05) is 22.9 Å². The highest BCUT2D eigenvalue weighted by atomic mass is 79.9. The molecular weight excluding hydrogens is 362 g/mol. The van der Waals surface area contributed by atoms with E-state index in [0.717, 1.165) is 41.9 Å². The summed E-state index contributed by atoms with van der Waals surface area (Å²) in [6.07, 6.45) is 1.85. The highest BCUT2D eigenvalue weighted by molar-refractivity contribution is 9.11. The Hall–Kier alpha value is -1.37. The van der Waals surface area contributed by atoms with E-state index in [1.165, 1.54) is 11.3 Å². The van der Waals surface area contributed by atoms with Crippen LogP contribution in [0.2, 0.25) is 5.02 Å². The lowest BCUT2D eigenvalue weighted by Crippen LogP contribution is -1.77. The Balaban J connectivity index is 1.90. The van der Waals surface area contributed by atoms with Crippen LogP contribution >= 0.6 is 38.9 Å². The molecule has 7 heteroatoms. The summed E-state index contributed by atoms with van der Waals surface area (Å²) >= 11 is 10.9. The van der Waals surface area contributed by atoms with E-state index in [1.807, 2.05) is 31.3 Å². The molecule has 0 saturated carbocycles. The number of hydrogen-bond acceptors (Lipinski definition) is 4. The molecule has 4 aromatic rings. The van der Waals surface area contributed by atoms with Crippen molar-refractivity contribution < 1.29 is 4.42 Å². The van der Waals surface area contributed by atoms with E-state index in [1.54, 1.807) is 4.52 Å². The Morgan fingerprint density at radius 1 is 1.35 bits per heavy atom. The van der Waals surface area contributed by atoms with Crippen molar-refractivity contribution in [1.82, 2.24) is 14.6 Å². The van der Waals surface area contributed by atoms with Crippen molar-refractivity contribution in [3.8, 4) is 11.5 Å². The Bertz CT molecular complexity index is 885. The van der Waals surface area contributed by atoms with Crippen LogP contribution in [-0.2, 0) is 0 Å². The van der Waals surface area contributed by atoms with E-state index < -0.39 is 0 Å². The summed E-state index contributed by atoms with van der Waals surface area (Å²) < 4.78 is 8.39. The first-order valence-corrected chi connectivity index (χ1v) is 7.81. The number of nitrogens with zero attached hydrogens (tertiary/aromatic N) is 3. The molecule has 0 amide bonds. The number of halogens is 2. The van der Waals surface area contributed by atoms with Crippen LogP contribution in [0.4, 0.5) is 0 Å². The minimum absolute atomic E-state index is 0.718. The average molecular weight is 369 g/mol. The van der Waals surface area contributed by atoms with Gasteiger partial charge >= 0.3 is 0 Å². The number of rotatable bonds is 1. The monoisotopic (exact) mass is 367 g/mol. The molecule has 0 unspecified atom stereocenters. The summed E-state index contributed by atoms with van der Waals surface area (Å²) in [5.74, 6) is 0.718. The van der Waals surface area contributed by atoms with Crippen molar-refractivity contribution >= 4 is 54.8 Å². The Kier molecular flexibility index (Phi) is 2.67. The topological polar surface area (TPSA) is 43.3 Å². The predicted molar refractivity (Wildman–Crippen MR) is 83.5 cm³/mol. The van der Waals surface area contributed by atoms with Gasteiger partial charge in [0.05, 0.1) is 6.20 Å². The molecule has 3 aromatic heterocycles. The quantitative estimate of drug-likeness (QED) is 0.478. The number of benzene rings is 1. The van der Waals surface area contributed by atoms with Gasteiger partial charge in [-0.15, -0.1) is 5.10 Å². The maximum absolute atomic E-state index is 6.13. The Morgan fingerprint density at radius 2 is 2.20 bits per heavy atom. The summed E-state index contributed by atoms with van der Waals surface area (Å²) in [6, 6.07) is 5.79. The van der Waals surface area contributed by atoms with E-state index in [4.69, 9.17) is 16.0 Å². The molecule has 0 aliphatic heterocycles. The van der Waals surface area contributed by atoms with Crippen LogP contribution in [0.15, 0.2) is 32.7 Å². The van der Waals surface area contributed by atoms with Gasteiger partial charge in [0.15, 0.2) is 9.68 Å². The third-order valence-corrected chi connectivity index (χ3v) is 4.83. The van der Waals surface area contributed by atoms with Crippen molar-refractivity contribution in [1.29, 1.82) is 0 Å². The lowest BCUT2D eigenvalue weighted by molar-refractivity contribution is 0.629. The van der Waals surface area contributed by atoms with E-state index in [0.29, 0.717) is 0 Å². The first-order valence-electron chi connectivity index (χ1n) is 5.82. The molecule has 100 valence electrons. The highest BCUT2D eigenvalue weighted by Gasteiger charge is 2.13. The molecule has 20 heavy (non-hydrogen) atoms. The molecule has 0 saturated heterocycles. The van der Waals surface area contributed by atoms with Gasteiger partial charge in [-0.3, -0.25) is 0 Å². The molecule has 0 bridgehead atoms. The zero-order valence-electron chi connectivity index (χ0n) is 10.2. The minimum Gasteiger partial charge on any atom is -0.454 e. The number of aromatic nitrogens is 3. The second kappa shape index (κ2) is 4.31. The van der Waals surface area contributed by atoms with Gasteiger partial charge in [0.2, 0.25) is 4.96 Å². The van der Waals surface area contributed by atoms with Crippen molar-refractivity contribution in [2.24, 2.45) is 0 Å². The van der Waals surface area contributed by atoms with Crippen molar-refractivity contribution in [2.45, 2.75) is 6.92 Å². The lowest BCUT2D eigenvalue weighted by Gasteiger charge is -1.95. The van der Waals surface area contributed by atoms with Crippen LogP contribution in [0, 0.1) is 6.92 Å². The van der Waals surface area contributed by atoms with Crippen LogP contribution in [-0.4, -0.2) is 14.6 Å². The largest absolute Gasteiger partial charge is 0.454 e. The second-order valence-corrected chi connectivity index (χ2v) is 7.10. The van der Waals surface area contributed by atoms with E-state index in [2.05, 4.69) is 26.0 Å². The van der Waals surface area contributed by atoms with Crippen LogP contribution in [0.1, 0.15) is 5.56 Å². The second-order valence-electron chi connectivity index (χ2n) is 4.46. The summed E-state index contributed by atoms with van der Waals surface area (Å²) in [5, 5.41) is 5.98. The standard InChI is InChI=1S/C13H7BrClN3OS/c1-6-2-10-7(3-8(6)15)4-11(19-10)9-5-18-13(16-9)20-12(14)17-18/h2-5H,1H3. The van der Waals surface area contributed by atoms with Gasteiger partial charge < -0.3 is 4.42 Å². The zero-order valence-corrected chi connectivity index (χ0v) is 13.4. The van der Waals surface area contributed by atoms with Crippen molar-refractivity contribution in [3.63, 3.8) is 0 Å². The predicted octanol–water partition coefficient (Wildman–Crippen LogP) is 4.93. The molecule has 1 aromatic carbocycles. The van der Waals surface area contributed by atoms with Crippen LogP contribution in [0.5, 0.6) is 0 Å². The SMILES string of the molecule is Cc1cc2oc(-c3cn4nc(Br)sc4n3)cc2cc1Cl. The number of furan rings is 1. The Labute approximate surface area is 131 Å². The molecule has 0 atom stereocenters. The fourth-order valence-electron chi connectivity index (χ4n) is 2.08. The summed E-state index contributed by atoms with van der Waals surface area (Å²) in [6.45, 7) is 1.96. The maximum atomic E-state index is 6.13. The van der Waals surface area contributed by atoms with Crippen LogP contribution in [0.3, 0.4) is 0 Å². The van der Waals surface area contributed by atoms with Crippen molar-refractivity contribution in [3.05, 3.63) is 38.9 Å². The molecule has 0 aliphatic carbocycles. The summed E-state index contributed by atoms with van der Waals surface area (Å²) in [5.41, 5.74) is 2.57. The summed E-state index contributed by atoms with van der Waals surface area (Å²) in [4.78, 5) is 5.33. The third-order valence-electron chi connectivity index (χ3n) is 3.07. The van der Waals surface area contributed by atoms with Crippen molar-refractivity contribution in [2.75, 3.05) is 0 Å². The van der Waals surface area contributed by atoms with Gasteiger partial charge in [0.1, 0.15) is 11.3 Å². The molecule has 0 aliphatic rings. The fraction of sp³-hybridized carbons (Fsp3) is 0.0769. The average Bonchev–Trinajstić information content (AvgIpc) is 3.01. The number of hydrogen-bond donors (Lipinski definition) is 0. The molecule has 0 spiro atoms. The summed E-state index contributed by atoms with van der Waals surface area (Å²) in [7, 11) is 0. The smallest absolute Gasteiger partial charge is 0.213 e. The number of fused-ring (bicyclic) bond motifs is 2. The van der Waals surface area contributed by atoms with E-state index in [9.17, 15) is 0 Å². The first kappa shape index (κ1) is 12.4. The van der Waals surface area contributed by atoms with E-state index in [-0.39, 0.29) is 0 Å². The van der Waals surface area contributed by atoms with Gasteiger partial charge in [-0.25, -0.2) is 9.50 Å². The van der Waals surface area contributed by atoms with Gasteiger partial charge in [-0.2, -0.15) is 0 Å². The van der Waals surface area contributed by atoms with E-state index >= 15 is 0 Å². The lowest BCUT2D eigenvalue weighted by atomic mass is 10.2. The van der Waals surface area contributed by atoms with Crippen LogP contribution in [0.25, 0.3) is 27.4 Å². The fourth-order valence-corrected chi connectivity index (χ4v) is 3.47. The molecule has 0 radical (unpaired) electrons. The van der Waals surface area contributed by atoms with Gasteiger partial charge in [0.25, 0.3) is 0 Å². The van der Waals surface area contributed by atoms with Gasteiger partial charge in [-0.05, 0) is 46.6 Å². The maximum Gasteiger partial charge on any atom is 0.213 e. The molecule has 0 N–H and O–H groups in total. The highest BCUT2D eigenvalue weighted by Crippen LogP contribution is 2.31. The molecular formula is C13H7BrClN3OS. The molecule has 3 heterocycles. The molecule has 0 fully saturated rings.